The average Bonchev–Trinajstić information content (AvgIpc) is 3.37. The molecule has 0 aliphatic heterocycles. The van der Waals surface area contributed by atoms with Crippen molar-refractivity contribution >= 4 is 9.84 Å². The van der Waals surface area contributed by atoms with Gasteiger partial charge in [0.1, 0.15) is 0 Å². The SMILES string of the molecule is O=S(=O)(CCN(CC1CC1)C1CCCCC1)c1ccccc1. The van der Waals surface area contributed by atoms with Gasteiger partial charge in [-0.2, -0.15) is 0 Å². The van der Waals surface area contributed by atoms with Gasteiger partial charge in [-0.25, -0.2) is 8.42 Å². The van der Waals surface area contributed by atoms with Gasteiger partial charge in [0.05, 0.1) is 10.6 Å². The normalized spacial score (nSPS) is 20.4. The molecule has 2 aliphatic carbocycles. The minimum Gasteiger partial charge on any atom is -0.299 e. The molecule has 22 heavy (non-hydrogen) atoms. The quantitative estimate of drug-likeness (QED) is 0.771. The fourth-order valence-electron chi connectivity index (χ4n) is 3.48. The van der Waals surface area contributed by atoms with Crippen LogP contribution in [0.1, 0.15) is 44.9 Å². The predicted octanol–water partition coefficient (Wildman–Crippen LogP) is 3.51. The molecule has 0 radical (unpaired) electrons. The molecule has 0 aromatic heterocycles. The molecule has 3 nitrogen and oxygen atoms in total. The van der Waals surface area contributed by atoms with Crippen LogP contribution in [-0.4, -0.2) is 38.2 Å². The largest absolute Gasteiger partial charge is 0.299 e. The summed E-state index contributed by atoms with van der Waals surface area (Å²) in [6.45, 7) is 1.80. The molecule has 0 saturated heterocycles. The molecule has 0 bridgehead atoms. The van der Waals surface area contributed by atoms with E-state index in [-0.39, 0.29) is 5.75 Å². The summed E-state index contributed by atoms with van der Waals surface area (Å²) in [4.78, 5) is 2.95. The van der Waals surface area contributed by atoms with Gasteiger partial charge in [0.2, 0.25) is 0 Å². The lowest BCUT2D eigenvalue weighted by Gasteiger charge is -2.34. The Labute approximate surface area is 134 Å². The predicted molar refractivity (Wildman–Crippen MR) is 89.7 cm³/mol. The average molecular weight is 321 g/mol. The first-order chi connectivity index (χ1) is 10.6. The molecule has 0 amide bonds. The van der Waals surface area contributed by atoms with E-state index in [0.29, 0.717) is 17.5 Å². The van der Waals surface area contributed by atoms with Gasteiger partial charge < -0.3 is 0 Å². The van der Waals surface area contributed by atoms with E-state index in [9.17, 15) is 8.42 Å². The first-order valence-corrected chi connectivity index (χ1v) is 10.3. The fourth-order valence-corrected chi connectivity index (χ4v) is 4.77. The summed E-state index contributed by atoms with van der Waals surface area (Å²) in [5.74, 6) is 1.07. The van der Waals surface area contributed by atoms with E-state index in [0.717, 1.165) is 12.5 Å². The van der Waals surface area contributed by atoms with Crippen LogP contribution in [0.2, 0.25) is 0 Å². The molecule has 0 atom stereocenters. The van der Waals surface area contributed by atoms with Gasteiger partial charge >= 0.3 is 0 Å². The summed E-state index contributed by atoms with van der Waals surface area (Å²) in [7, 11) is -3.15. The Kier molecular flexibility index (Phi) is 5.19. The number of nitrogens with zero attached hydrogens (tertiary/aromatic N) is 1. The molecule has 0 heterocycles. The van der Waals surface area contributed by atoms with Crippen LogP contribution in [0.25, 0.3) is 0 Å². The Morgan fingerprint density at radius 1 is 0.955 bits per heavy atom. The number of hydrogen-bond acceptors (Lipinski definition) is 3. The second-order valence-corrected chi connectivity index (χ2v) is 8.97. The highest BCUT2D eigenvalue weighted by atomic mass is 32.2. The summed E-state index contributed by atoms with van der Waals surface area (Å²) in [5.41, 5.74) is 0. The van der Waals surface area contributed by atoms with Crippen LogP contribution in [0.15, 0.2) is 35.2 Å². The number of benzene rings is 1. The van der Waals surface area contributed by atoms with Gasteiger partial charge in [0, 0.05) is 19.1 Å². The van der Waals surface area contributed by atoms with Gasteiger partial charge in [-0.05, 0) is 43.7 Å². The minimum absolute atomic E-state index is 0.250. The maximum absolute atomic E-state index is 12.5. The lowest BCUT2D eigenvalue weighted by molar-refractivity contribution is 0.158. The van der Waals surface area contributed by atoms with Crippen molar-refractivity contribution < 1.29 is 8.42 Å². The topological polar surface area (TPSA) is 37.4 Å². The highest BCUT2D eigenvalue weighted by molar-refractivity contribution is 7.91. The molecule has 1 aromatic carbocycles. The smallest absolute Gasteiger partial charge is 0.179 e. The van der Waals surface area contributed by atoms with Crippen LogP contribution in [-0.2, 0) is 9.84 Å². The molecule has 1 aromatic rings. The Hall–Kier alpha value is -0.870. The van der Waals surface area contributed by atoms with Crippen LogP contribution in [0.5, 0.6) is 0 Å². The van der Waals surface area contributed by atoms with E-state index >= 15 is 0 Å². The molecular formula is C18H27NO2S. The fraction of sp³-hybridized carbons (Fsp3) is 0.667. The van der Waals surface area contributed by atoms with Gasteiger partial charge in [-0.15, -0.1) is 0 Å². The second-order valence-electron chi connectivity index (χ2n) is 6.86. The van der Waals surface area contributed by atoms with Crippen molar-refractivity contribution in [3.05, 3.63) is 30.3 Å². The van der Waals surface area contributed by atoms with Crippen molar-refractivity contribution in [2.24, 2.45) is 5.92 Å². The third-order valence-corrected chi connectivity index (χ3v) is 6.74. The van der Waals surface area contributed by atoms with Crippen LogP contribution in [0, 0.1) is 5.92 Å². The Morgan fingerprint density at radius 3 is 2.27 bits per heavy atom. The van der Waals surface area contributed by atoms with Crippen molar-refractivity contribution in [1.82, 2.24) is 4.90 Å². The molecule has 2 saturated carbocycles. The van der Waals surface area contributed by atoms with E-state index in [1.54, 1.807) is 24.3 Å². The zero-order valence-electron chi connectivity index (χ0n) is 13.3. The first kappa shape index (κ1) is 16.0. The standard InChI is InChI=1S/C18H27NO2S/c20-22(21,18-9-5-2-6-10-18)14-13-19(15-16-11-12-16)17-7-3-1-4-8-17/h2,5-6,9-10,16-17H,1,3-4,7-8,11-15H2. The molecule has 4 heteroatoms. The van der Waals surface area contributed by atoms with Crippen LogP contribution in [0.4, 0.5) is 0 Å². The maximum atomic E-state index is 12.5. The molecule has 0 unspecified atom stereocenters. The first-order valence-electron chi connectivity index (χ1n) is 8.67. The van der Waals surface area contributed by atoms with Gasteiger partial charge in [0.25, 0.3) is 0 Å². The van der Waals surface area contributed by atoms with E-state index in [1.165, 1.54) is 44.9 Å². The molecule has 2 aliphatic rings. The minimum atomic E-state index is -3.15. The molecule has 3 rings (SSSR count). The van der Waals surface area contributed by atoms with Crippen molar-refractivity contribution in [3.8, 4) is 0 Å². The van der Waals surface area contributed by atoms with Crippen molar-refractivity contribution in [2.75, 3.05) is 18.8 Å². The van der Waals surface area contributed by atoms with Crippen LogP contribution >= 0.6 is 0 Å². The number of sulfone groups is 1. The van der Waals surface area contributed by atoms with Crippen LogP contribution < -0.4 is 0 Å². The molecule has 0 spiro atoms. The van der Waals surface area contributed by atoms with E-state index < -0.39 is 9.84 Å². The highest BCUT2D eigenvalue weighted by Crippen LogP contribution is 2.32. The maximum Gasteiger partial charge on any atom is 0.179 e. The third kappa shape index (κ3) is 4.32. The lowest BCUT2D eigenvalue weighted by atomic mass is 9.94. The molecule has 122 valence electrons. The molecule has 0 N–H and O–H groups in total. The Bertz CT molecular complexity index is 560. The summed E-state index contributed by atoms with van der Waals surface area (Å²) in [5, 5.41) is 0. The van der Waals surface area contributed by atoms with E-state index in [2.05, 4.69) is 4.90 Å². The molecule has 2 fully saturated rings. The highest BCUT2D eigenvalue weighted by Gasteiger charge is 2.29. The summed E-state index contributed by atoms with van der Waals surface area (Å²) < 4.78 is 25.0. The van der Waals surface area contributed by atoms with E-state index in [4.69, 9.17) is 0 Å². The van der Waals surface area contributed by atoms with E-state index in [1.807, 2.05) is 6.07 Å². The Morgan fingerprint density at radius 2 is 1.64 bits per heavy atom. The monoisotopic (exact) mass is 321 g/mol. The zero-order chi connectivity index (χ0) is 15.4. The van der Waals surface area contributed by atoms with Gasteiger partial charge in [0.15, 0.2) is 9.84 Å². The zero-order valence-corrected chi connectivity index (χ0v) is 14.1. The van der Waals surface area contributed by atoms with Gasteiger partial charge in [-0.3, -0.25) is 4.90 Å². The summed E-state index contributed by atoms with van der Waals surface area (Å²) in [6.07, 6.45) is 9.10. The Balaban J connectivity index is 1.62. The van der Waals surface area contributed by atoms with Crippen LogP contribution in [0.3, 0.4) is 0 Å². The molecular weight excluding hydrogens is 294 g/mol. The van der Waals surface area contributed by atoms with Crippen molar-refractivity contribution in [1.29, 1.82) is 0 Å². The summed E-state index contributed by atoms with van der Waals surface area (Å²) >= 11 is 0. The third-order valence-electron chi connectivity index (χ3n) is 5.03. The van der Waals surface area contributed by atoms with Crippen molar-refractivity contribution in [2.45, 2.75) is 55.9 Å². The number of hydrogen-bond donors (Lipinski definition) is 0. The second kappa shape index (κ2) is 7.14. The summed E-state index contributed by atoms with van der Waals surface area (Å²) in [6, 6.07) is 9.50. The van der Waals surface area contributed by atoms with Gasteiger partial charge in [-0.1, -0.05) is 37.5 Å². The van der Waals surface area contributed by atoms with Crippen molar-refractivity contribution in [3.63, 3.8) is 0 Å². The lowest BCUT2D eigenvalue weighted by Crippen LogP contribution is -2.41. The number of rotatable bonds is 7.